The van der Waals surface area contributed by atoms with Crippen LogP contribution in [0.15, 0.2) is 30.5 Å². The van der Waals surface area contributed by atoms with E-state index < -0.39 is 12.0 Å². The number of carbonyl (C=O) groups is 1. The first-order chi connectivity index (χ1) is 9.13. The molecule has 1 atom stereocenters. The number of aromatic nitrogens is 3. The van der Waals surface area contributed by atoms with Crippen molar-refractivity contribution in [3.63, 3.8) is 0 Å². The van der Waals surface area contributed by atoms with E-state index in [9.17, 15) is 4.79 Å². The Kier molecular flexibility index (Phi) is 3.79. The Morgan fingerprint density at radius 2 is 2.11 bits per heavy atom. The van der Waals surface area contributed by atoms with E-state index in [-0.39, 0.29) is 0 Å². The Hall–Kier alpha value is -2.37. The van der Waals surface area contributed by atoms with Gasteiger partial charge in [0.1, 0.15) is 11.8 Å². The van der Waals surface area contributed by atoms with Crippen LogP contribution < -0.4 is 4.74 Å². The predicted molar refractivity (Wildman–Crippen MR) is 69.0 cm³/mol. The summed E-state index contributed by atoms with van der Waals surface area (Å²) in [5, 5.41) is 16.6. The molecule has 19 heavy (non-hydrogen) atoms. The molecule has 0 amide bonds. The van der Waals surface area contributed by atoms with Gasteiger partial charge >= 0.3 is 5.97 Å². The molecule has 0 spiro atoms. The molecule has 1 aromatic heterocycles. The van der Waals surface area contributed by atoms with Gasteiger partial charge < -0.3 is 9.84 Å². The largest absolute Gasteiger partial charge is 0.494 e. The summed E-state index contributed by atoms with van der Waals surface area (Å²) in [7, 11) is 0. The van der Waals surface area contributed by atoms with Gasteiger partial charge in [-0.1, -0.05) is 5.21 Å². The van der Waals surface area contributed by atoms with Crippen molar-refractivity contribution in [2.45, 2.75) is 19.9 Å². The fraction of sp³-hybridized carbons (Fsp3) is 0.308. The SMILES string of the molecule is CCOc1ccc(-c2cnnn2C(C)C(=O)O)cc1. The van der Waals surface area contributed by atoms with E-state index in [1.807, 2.05) is 31.2 Å². The molecule has 1 unspecified atom stereocenters. The first kappa shape index (κ1) is 13.1. The molecule has 1 aromatic carbocycles. The summed E-state index contributed by atoms with van der Waals surface area (Å²) < 4.78 is 6.75. The summed E-state index contributed by atoms with van der Waals surface area (Å²) in [5.74, 6) is -0.172. The maximum atomic E-state index is 11.0. The normalized spacial score (nSPS) is 12.1. The van der Waals surface area contributed by atoms with Gasteiger partial charge in [-0.3, -0.25) is 0 Å². The summed E-state index contributed by atoms with van der Waals surface area (Å²) in [5.41, 5.74) is 1.51. The molecule has 0 aliphatic carbocycles. The fourth-order valence-corrected chi connectivity index (χ4v) is 1.73. The number of carboxylic acids is 1. The van der Waals surface area contributed by atoms with Gasteiger partial charge in [-0.2, -0.15) is 0 Å². The highest BCUT2D eigenvalue weighted by Gasteiger charge is 2.18. The summed E-state index contributed by atoms with van der Waals surface area (Å²) in [6, 6.07) is 6.62. The van der Waals surface area contributed by atoms with E-state index in [1.54, 1.807) is 13.1 Å². The van der Waals surface area contributed by atoms with Gasteiger partial charge in [0.05, 0.1) is 18.5 Å². The summed E-state index contributed by atoms with van der Waals surface area (Å²) in [4.78, 5) is 11.0. The number of ether oxygens (including phenoxy) is 1. The molecule has 1 N–H and O–H groups in total. The van der Waals surface area contributed by atoms with Gasteiger partial charge in [0.15, 0.2) is 0 Å². The first-order valence-electron chi connectivity index (χ1n) is 5.99. The number of benzene rings is 1. The van der Waals surface area contributed by atoms with Crippen LogP contribution in [0.4, 0.5) is 0 Å². The number of rotatable bonds is 5. The molecule has 2 aromatic rings. The van der Waals surface area contributed by atoms with Crippen molar-refractivity contribution < 1.29 is 14.6 Å². The van der Waals surface area contributed by atoms with Crippen LogP contribution >= 0.6 is 0 Å². The molecular weight excluding hydrogens is 246 g/mol. The molecule has 0 aliphatic rings. The third-order valence-corrected chi connectivity index (χ3v) is 2.76. The second kappa shape index (κ2) is 5.51. The number of nitrogens with zero attached hydrogens (tertiary/aromatic N) is 3. The van der Waals surface area contributed by atoms with Gasteiger partial charge in [-0.05, 0) is 38.1 Å². The quantitative estimate of drug-likeness (QED) is 0.890. The number of hydrogen-bond acceptors (Lipinski definition) is 4. The predicted octanol–water partition coefficient (Wildman–Crippen LogP) is 1.99. The lowest BCUT2D eigenvalue weighted by molar-refractivity contribution is -0.140. The van der Waals surface area contributed by atoms with Crippen LogP contribution in [-0.2, 0) is 4.79 Å². The molecule has 0 bridgehead atoms. The highest BCUT2D eigenvalue weighted by atomic mass is 16.5. The molecule has 0 aliphatic heterocycles. The van der Waals surface area contributed by atoms with Crippen molar-refractivity contribution in [3.05, 3.63) is 30.5 Å². The lowest BCUT2D eigenvalue weighted by Crippen LogP contribution is -2.17. The van der Waals surface area contributed by atoms with Crippen molar-refractivity contribution >= 4 is 5.97 Å². The highest BCUT2D eigenvalue weighted by Crippen LogP contribution is 2.23. The summed E-state index contributed by atoms with van der Waals surface area (Å²) in [6.45, 7) is 4.09. The van der Waals surface area contributed by atoms with Gasteiger partial charge in [0.25, 0.3) is 0 Å². The van der Waals surface area contributed by atoms with Crippen LogP contribution in [0.25, 0.3) is 11.3 Å². The standard InChI is InChI=1S/C13H15N3O3/c1-3-19-11-6-4-10(5-7-11)12-8-14-15-16(12)9(2)13(17)18/h4-9H,3H2,1-2H3,(H,17,18). The molecule has 0 fully saturated rings. The molecule has 0 saturated carbocycles. The number of carboxylic acid groups (broad SMARTS) is 1. The molecule has 6 heteroatoms. The lowest BCUT2D eigenvalue weighted by atomic mass is 10.1. The average molecular weight is 261 g/mol. The van der Waals surface area contributed by atoms with E-state index >= 15 is 0 Å². The lowest BCUT2D eigenvalue weighted by Gasteiger charge is -2.10. The average Bonchev–Trinajstić information content (AvgIpc) is 2.88. The molecule has 0 radical (unpaired) electrons. The van der Waals surface area contributed by atoms with Gasteiger partial charge in [-0.25, -0.2) is 9.48 Å². The highest BCUT2D eigenvalue weighted by molar-refractivity contribution is 5.72. The zero-order chi connectivity index (χ0) is 13.8. The Labute approximate surface area is 110 Å². The maximum Gasteiger partial charge on any atom is 0.328 e. The van der Waals surface area contributed by atoms with Crippen molar-refractivity contribution in [3.8, 4) is 17.0 Å². The Balaban J connectivity index is 2.32. The van der Waals surface area contributed by atoms with E-state index in [4.69, 9.17) is 9.84 Å². The second-order valence-electron chi connectivity index (χ2n) is 4.04. The van der Waals surface area contributed by atoms with Crippen molar-refractivity contribution in [1.29, 1.82) is 0 Å². The molecular formula is C13H15N3O3. The third kappa shape index (κ3) is 2.73. The van der Waals surface area contributed by atoms with Crippen molar-refractivity contribution in [1.82, 2.24) is 15.0 Å². The van der Waals surface area contributed by atoms with E-state index in [2.05, 4.69) is 10.3 Å². The topological polar surface area (TPSA) is 77.2 Å². The van der Waals surface area contributed by atoms with Crippen LogP contribution in [-0.4, -0.2) is 32.7 Å². The summed E-state index contributed by atoms with van der Waals surface area (Å²) in [6.07, 6.45) is 1.55. The smallest absolute Gasteiger partial charge is 0.328 e. The van der Waals surface area contributed by atoms with E-state index in [0.717, 1.165) is 11.3 Å². The van der Waals surface area contributed by atoms with E-state index in [1.165, 1.54) is 4.68 Å². The van der Waals surface area contributed by atoms with Gasteiger partial charge in [0.2, 0.25) is 0 Å². The van der Waals surface area contributed by atoms with Crippen molar-refractivity contribution in [2.75, 3.05) is 6.61 Å². The molecule has 6 nitrogen and oxygen atoms in total. The van der Waals surface area contributed by atoms with Crippen LogP contribution in [0.1, 0.15) is 19.9 Å². The Morgan fingerprint density at radius 3 is 2.68 bits per heavy atom. The number of aliphatic carboxylic acids is 1. The molecule has 1 heterocycles. The second-order valence-corrected chi connectivity index (χ2v) is 4.04. The maximum absolute atomic E-state index is 11.0. The molecule has 0 saturated heterocycles. The minimum absolute atomic E-state index is 0.606. The zero-order valence-electron chi connectivity index (χ0n) is 10.8. The monoisotopic (exact) mass is 261 g/mol. The minimum Gasteiger partial charge on any atom is -0.494 e. The number of hydrogen-bond donors (Lipinski definition) is 1. The van der Waals surface area contributed by atoms with Gasteiger partial charge in [0, 0.05) is 5.56 Å². The Bertz CT molecular complexity index is 563. The van der Waals surface area contributed by atoms with Crippen LogP contribution in [0.3, 0.4) is 0 Å². The minimum atomic E-state index is -0.947. The van der Waals surface area contributed by atoms with Gasteiger partial charge in [-0.15, -0.1) is 5.10 Å². The molecule has 100 valence electrons. The van der Waals surface area contributed by atoms with Crippen molar-refractivity contribution in [2.24, 2.45) is 0 Å². The van der Waals surface area contributed by atoms with Crippen LogP contribution in [0, 0.1) is 0 Å². The zero-order valence-corrected chi connectivity index (χ0v) is 10.8. The van der Waals surface area contributed by atoms with E-state index in [0.29, 0.717) is 12.3 Å². The third-order valence-electron chi connectivity index (χ3n) is 2.76. The van der Waals surface area contributed by atoms with Crippen LogP contribution in [0.5, 0.6) is 5.75 Å². The summed E-state index contributed by atoms with van der Waals surface area (Å²) >= 11 is 0. The fourth-order valence-electron chi connectivity index (χ4n) is 1.73. The van der Waals surface area contributed by atoms with Crippen LogP contribution in [0.2, 0.25) is 0 Å². The first-order valence-corrected chi connectivity index (χ1v) is 5.99. The molecule has 2 rings (SSSR count). The Morgan fingerprint density at radius 1 is 1.42 bits per heavy atom.